The molecule has 0 fully saturated rings. The topological polar surface area (TPSA) is 101 Å². The van der Waals surface area contributed by atoms with Crippen molar-refractivity contribution in [3.05, 3.63) is 73.9 Å². The van der Waals surface area contributed by atoms with Crippen LogP contribution in [0.2, 0.25) is 0 Å². The standard InChI is InChI=1S/4C4H8.2C3H8N2.2C3H6.2C2H5N.6CH4/c4*1-4(2)3;2*1-3(4)5-2;4*1-3-2;;;;;;/h4*1H2,2-3H3;2*1-2H3,(H2,4,5);2*3H,1H2,2H3;2*1H2,2H3;6*1H4. The highest BCUT2D eigenvalue weighted by Crippen LogP contribution is 1.74. The Hall–Kier alpha value is -3.28. The first-order chi connectivity index (χ1) is 17.1. The fraction of sp³-hybridized carbons (Fsp3) is 0.579. The van der Waals surface area contributed by atoms with Gasteiger partial charge in [0.2, 0.25) is 0 Å². The quantitative estimate of drug-likeness (QED) is 0.157. The molecule has 0 aliphatic rings. The van der Waals surface area contributed by atoms with Gasteiger partial charge >= 0.3 is 0 Å². The first-order valence-electron chi connectivity index (χ1n) is 11.8. The van der Waals surface area contributed by atoms with Crippen LogP contribution in [0, 0.1) is 0 Å². The van der Waals surface area contributed by atoms with Crippen molar-refractivity contribution in [2.24, 2.45) is 31.4 Å². The number of nitrogens with two attached hydrogens (primary N) is 2. The molecule has 0 unspecified atom stereocenters. The van der Waals surface area contributed by atoms with E-state index in [0.717, 1.165) is 0 Å². The predicted molar refractivity (Wildman–Crippen MR) is 231 cm³/mol. The van der Waals surface area contributed by atoms with E-state index in [-0.39, 0.29) is 44.6 Å². The third kappa shape index (κ3) is 106000. The molecule has 0 aliphatic heterocycles. The van der Waals surface area contributed by atoms with E-state index in [2.05, 4.69) is 72.9 Å². The maximum Gasteiger partial charge on any atom is 0.0902 e. The SMILES string of the molecule is C.C.C.C.C.C.C=C(C)C.C=C(C)C.C=C(C)C.C=C(C)C.C=CC.C=CC.C=NC.C=NC.CN=C(C)N.CN=C(C)N. The minimum atomic E-state index is 0. The fourth-order valence-corrected chi connectivity index (χ4v) is 0. The second-order valence-electron chi connectivity index (χ2n) is 8.01. The predicted octanol–water partition coefficient (Wildman–Crippen LogP) is 13.2. The Morgan fingerprint density at radius 3 is 0.455 bits per heavy atom. The third-order valence-electron chi connectivity index (χ3n) is 0.705. The lowest BCUT2D eigenvalue weighted by Crippen LogP contribution is -2.03. The molecule has 0 aromatic carbocycles. The zero-order valence-electron chi connectivity index (χ0n) is 28.8. The van der Waals surface area contributed by atoms with Crippen molar-refractivity contribution >= 4 is 25.1 Å². The Morgan fingerprint density at radius 2 is 0.455 bits per heavy atom. The molecule has 0 rings (SSSR count). The summed E-state index contributed by atoms with van der Waals surface area (Å²) in [6.07, 6.45) is 3.50. The summed E-state index contributed by atoms with van der Waals surface area (Å²) >= 11 is 0. The lowest BCUT2D eigenvalue weighted by Gasteiger charge is -1.76. The van der Waals surface area contributed by atoms with Crippen LogP contribution in [0.1, 0.15) is 128 Å². The van der Waals surface area contributed by atoms with E-state index in [4.69, 9.17) is 11.5 Å². The van der Waals surface area contributed by atoms with Crippen LogP contribution in [-0.4, -0.2) is 53.3 Å². The first-order valence-corrected chi connectivity index (χ1v) is 11.8. The van der Waals surface area contributed by atoms with Crippen LogP contribution in [0.4, 0.5) is 0 Å². The molecule has 0 bridgehead atoms. The summed E-state index contributed by atoms with van der Waals surface area (Å²) < 4.78 is 0. The summed E-state index contributed by atoms with van der Waals surface area (Å²) in [6.45, 7) is 50.2. The Kier molecular flexibility index (Phi) is 331. The molecule has 0 aromatic rings. The van der Waals surface area contributed by atoms with Crippen LogP contribution in [-0.2, 0) is 0 Å². The normalized spacial score (nSPS) is 6.27. The molecule has 276 valence electrons. The van der Waals surface area contributed by atoms with E-state index < -0.39 is 0 Å². The van der Waals surface area contributed by atoms with Gasteiger partial charge in [-0.3, -0.25) is 9.98 Å². The molecule has 0 radical (unpaired) electrons. The molecular weight excluding hydrogens is 540 g/mol. The largest absolute Gasteiger partial charge is 0.388 e. The van der Waals surface area contributed by atoms with Gasteiger partial charge in [0.15, 0.2) is 0 Å². The average Bonchev–Trinajstić information content (AvgIpc) is 2.69. The van der Waals surface area contributed by atoms with Gasteiger partial charge < -0.3 is 21.5 Å². The summed E-state index contributed by atoms with van der Waals surface area (Å²) in [6, 6.07) is 0. The van der Waals surface area contributed by atoms with Gasteiger partial charge in [-0.1, -0.05) is 79.0 Å². The Balaban J connectivity index is -0.0000000140. The number of aliphatic imine (C=N–C) groups is 4. The maximum absolute atomic E-state index is 5.04. The minimum absolute atomic E-state index is 0. The van der Waals surface area contributed by atoms with E-state index in [1.807, 2.05) is 69.2 Å². The van der Waals surface area contributed by atoms with Crippen molar-refractivity contribution in [2.45, 2.75) is 128 Å². The molecule has 0 heterocycles. The monoisotopic (exact) mass is 635 g/mol. The second kappa shape index (κ2) is 139. The number of nitrogens with zero attached hydrogens (tertiary/aromatic N) is 4. The van der Waals surface area contributed by atoms with Crippen molar-refractivity contribution < 1.29 is 0 Å². The lowest BCUT2D eigenvalue weighted by molar-refractivity contribution is 1.38. The number of hydrogen-bond acceptors (Lipinski definition) is 4. The number of hydrogen-bond donors (Lipinski definition) is 2. The molecule has 6 nitrogen and oxygen atoms in total. The summed E-state index contributed by atoms with van der Waals surface area (Å²) in [5, 5.41) is 0. The number of allylic oxidation sites excluding steroid dienone is 6. The highest BCUT2D eigenvalue weighted by molar-refractivity contribution is 5.77. The van der Waals surface area contributed by atoms with Gasteiger partial charge in [-0.05, 0) is 96.5 Å². The highest BCUT2D eigenvalue weighted by Gasteiger charge is 1.62. The molecular formula is C38H94N6. The minimum Gasteiger partial charge on any atom is -0.388 e. The zero-order chi connectivity index (χ0) is 33.7. The maximum atomic E-state index is 5.04. The first kappa shape index (κ1) is 105. The molecule has 4 N–H and O–H groups in total. The van der Waals surface area contributed by atoms with Crippen LogP contribution in [0.3, 0.4) is 0 Å². The molecule has 6 heteroatoms. The molecule has 0 saturated heterocycles. The summed E-state index contributed by atoms with van der Waals surface area (Å²) in [5.74, 6) is 1.26. The molecule has 0 aromatic heterocycles. The number of rotatable bonds is 0. The summed E-state index contributed by atoms with van der Waals surface area (Å²) in [4.78, 5) is 13.7. The molecule has 0 saturated carbocycles. The van der Waals surface area contributed by atoms with Crippen LogP contribution >= 0.6 is 0 Å². The van der Waals surface area contributed by atoms with Crippen molar-refractivity contribution in [3.63, 3.8) is 0 Å². The summed E-state index contributed by atoms with van der Waals surface area (Å²) in [5.41, 5.74) is 14.7. The molecule has 44 heavy (non-hydrogen) atoms. The van der Waals surface area contributed by atoms with E-state index in [0.29, 0.717) is 11.7 Å². The van der Waals surface area contributed by atoms with E-state index in [9.17, 15) is 0 Å². The van der Waals surface area contributed by atoms with Crippen LogP contribution < -0.4 is 11.5 Å². The Morgan fingerprint density at radius 1 is 0.432 bits per heavy atom. The Labute approximate surface area is 285 Å². The molecule has 0 atom stereocenters. The average molecular weight is 635 g/mol. The van der Waals surface area contributed by atoms with Crippen molar-refractivity contribution in [2.75, 3.05) is 28.2 Å². The van der Waals surface area contributed by atoms with Crippen LogP contribution in [0.5, 0.6) is 0 Å². The Bertz CT molecular complexity index is 470. The van der Waals surface area contributed by atoms with E-state index >= 15 is 0 Å². The summed E-state index contributed by atoms with van der Waals surface area (Å²) in [7, 11) is 6.60. The van der Waals surface area contributed by atoms with Crippen LogP contribution in [0.25, 0.3) is 0 Å². The van der Waals surface area contributed by atoms with Gasteiger partial charge in [0, 0.05) is 28.2 Å². The van der Waals surface area contributed by atoms with Gasteiger partial charge in [0.25, 0.3) is 0 Å². The second-order valence-corrected chi connectivity index (χ2v) is 8.01. The van der Waals surface area contributed by atoms with Gasteiger partial charge in [-0.2, -0.15) is 0 Å². The number of amidine groups is 2. The van der Waals surface area contributed by atoms with Crippen molar-refractivity contribution in [1.82, 2.24) is 0 Å². The van der Waals surface area contributed by atoms with E-state index in [1.54, 1.807) is 54.2 Å². The smallest absolute Gasteiger partial charge is 0.0902 e. The molecule has 0 amide bonds. The van der Waals surface area contributed by atoms with Gasteiger partial charge in [-0.25, -0.2) is 0 Å². The van der Waals surface area contributed by atoms with Gasteiger partial charge in [-0.15, -0.1) is 39.5 Å². The van der Waals surface area contributed by atoms with Crippen molar-refractivity contribution in [3.8, 4) is 0 Å². The third-order valence-corrected chi connectivity index (χ3v) is 0.705. The van der Waals surface area contributed by atoms with Crippen LogP contribution in [0.15, 0.2) is 93.9 Å². The van der Waals surface area contributed by atoms with Gasteiger partial charge in [0.1, 0.15) is 0 Å². The molecule has 0 aliphatic carbocycles. The van der Waals surface area contributed by atoms with Crippen molar-refractivity contribution in [1.29, 1.82) is 0 Å². The van der Waals surface area contributed by atoms with Gasteiger partial charge in [0.05, 0.1) is 11.7 Å². The molecule has 0 spiro atoms. The fourth-order valence-electron chi connectivity index (χ4n) is 0. The highest BCUT2D eigenvalue weighted by atomic mass is 14.8. The lowest BCUT2D eigenvalue weighted by atomic mass is 10.4. The van der Waals surface area contributed by atoms with E-state index in [1.165, 1.54) is 22.3 Å². The zero-order valence-corrected chi connectivity index (χ0v) is 28.8.